The fraction of sp³-hybridized carbons (Fsp3) is 0.0667. The van der Waals surface area contributed by atoms with Gasteiger partial charge in [-0.1, -0.05) is 24.1 Å². The van der Waals surface area contributed by atoms with Crippen LogP contribution >= 0.6 is 0 Å². The van der Waals surface area contributed by atoms with Crippen LogP contribution in [0.2, 0.25) is 0 Å². The highest BCUT2D eigenvalue weighted by molar-refractivity contribution is 5.68. The van der Waals surface area contributed by atoms with E-state index in [2.05, 4.69) is 10.7 Å². The average molecular weight is 280 g/mol. The molecule has 0 saturated carbocycles. The van der Waals surface area contributed by atoms with Gasteiger partial charge in [0.15, 0.2) is 0 Å². The van der Waals surface area contributed by atoms with E-state index < -0.39 is 17.9 Å². The summed E-state index contributed by atoms with van der Waals surface area (Å²) < 4.78 is 54.2. The smallest absolute Gasteiger partial charge is 0.406 e. The highest BCUT2D eigenvalue weighted by Gasteiger charge is 2.31. The second-order valence-electron chi connectivity index (χ2n) is 3.92. The van der Waals surface area contributed by atoms with Crippen LogP contribution in [0.3, 0.4) is 0 Å². The third-order valence-corrected chi connectivity index (χ3v) is 2.49. The number of hydrogen-bond donors (Lipinski definition) is 0. The van der Waals surface area contributed by atoms with Crippen LogP contribution < -0.4 is 4.74 Å². The van der Waals surface area contributed by atoms with E-state index in [4.69, 9.17) is 6.42 Å². The lowest BCUT2D eigenvalue weighted by Crippen LogP contribution is -2.17. The summed E-state index contributed by atoms with van der Waals surface area (Å²) in [6.45, 7) is 0. The van der Waals surface area contributed by atoms with Crippen molar-refractivity contribution >= 4 is 0 Å². The van der Waals surface area contributed by atoms with Crippen molar-refractivity contribution in [2.45, 2.75) is 6.36 Å². The Hall–Kier alpha value is -2.48. The SMILES string of the molecule is C#Cc1cc(OC(F)(F)F)cc(-c2ccccc2F)c1. The molecular weight excluding hydrogens is 272 g/mol. The Balaban J connectivity index is 2.52. The monoisotopic (exact) mass is 280 g/mol. The van der Waals surface area contributed by atoms with Crippen molar-refractivity contribution in [2.75, 3.05) is 0 Å². The molecule has 1 nitrogen and oxygen atoms in total. The first-order chi connectivity index (χ1) is 9.39. The molecule has 2 aromatic rings. The molecule has 0 N–H and O–H groups in total. The van der Waals surface area contributed by atoms with Gasteiger partial charge in [0.1, 0.15) is 11.6 Å². The van der Waals surface area contributed by atoms with Gasteiger partial charge in [0.2, 0.25) is 0 Å². The maximum Gasteiger partial charge on any atom is 0.573 e. The Morgan fingerprint density at radius 1 is 1.05 bits per heavy atom. The van der Waals surface area contributed by atoms with Gasteiger partial charge in [0.25, 0.3) is 0 Å². The lowest BCUT2D eigenvalue weighted by atomic mass is 10.0. The molecule has 102 valence electrons. The summed E-state index contributed by atoms with van der Waals surface area (Å²) in [7, 11) is 0. The minimum Gasteiger partial charge on any atom is -0.406 e. The van der Waals surface area contributed by atoms with Crippen LogP contribution in [0.15, 0.2) is 42.5 Å². The number of alkyl halides is 3. The molecule has 0 radical (unpaired) electrons. The molecule has 0 amide bonds. The quantitative estimate of drug-likeness (QED) is 0.586. The second-order valence-corrected chi connectivity index (χ2v) is 3.92. The van der Waals surface area contributed by atoms with Crippen molar-refractivity contribution in [1.82, 2.24) is 0 Å². The molecule has 0 aliphatic heterocycles. The van der Waals surface area contributed by atoms with Crippen LogP contribution in [-0.4, -0.2) is 6.36 Å². The van der Waals surface area contributed by atoms with Crippen LogP contribution in [0.5, 0.6) is 5.75 Å². The molecule has 2 rings (SSSR count). The third-order valence-electron chi connectivity index (χ3n) is 2.49. The third kappa shape index (κ3) is 3.29. The second kappa shape index (κ2) is 5.25. The molecule has 20 heavy (non-hydrogen) atoms. The number of hydrogen-bond acceptors (Lipinski definition) is 1. The molecule has 0 aliphatic carbocycles. The van der Waals surface area contributed by atoms with Crippen LogP contribution in [-0.2, 0) is 0 Å². The normalized spacial score (nSPS) is 10.9. The van der Waals surface area contributed by atoms with Gasteiger partial charge in [-0.05, 0) is 29.8 Å². The predicted molar refractivity (Wildman–Crippen MR) is 66.5 cm³/mol. The first-order valence-electron chi connectivity index (χ1n) is 5.51. The van der Waals surface area contributed by atoms with Crippen molar-refractivity contribution in [3.8, 4) is 29.2 Å². The maximum absolute atomic E-state index is 13.7. The number of benzene rings is 2. The largest absolute Gasteiger partial charge is 0.573 e. The Morgan fingerprint density at radius 3 is 2.35 bits per heavy atom. The van der Waals surface area contributed by atoms with E-state index in [0.717, 1.165) is 12.1 Å². The minimum absolute atomic E-state index is 0.150. The van der Waals surface area contributed by atoms with Crippen LogP contribution in [0.1, 0.15) is 5.56 Å². The fourth-order valence-corrected chi connectivity index (χ4v) is 1.73. The van der Waals surface area contributed by atoms with Gasteiger partial charge in [-0.3, -0.25) is 0 Å². The van der Waals surface area contributed by atoms with Crippen molar-refractivity contribution in [3.05, 3.63) is 53.8 Å². The van der Waals surface area contributed by atoms with E-state index in [-0.39, 0.29) is 16.7 Å². The van der Waals surface area contributed by atoms with Crippen LogP contribution in [0.25, 0.3) is 11.1 Å². The highest BCUT2D eigenvalue weighted by atomic mass is 19.4. The molecule has 0 aromatic heterocycles. The molecule has 0 aliphatic rings. The Bertz CT molecular complexity index is 668. The number of ether oxygens (including phenoxy) is 1. The molecule has 0 spiro atoms. The van der Waals surface area contributed by atoms with Crippen LogP contribution in [0.4, 0.5) is 17.6 Å². The number of terminal acetylenes is 1. The molecular formula is C15H8F4O. The topological polar surface area (TPSA) is 9.23 Å². The summed E-state index contributed by atoms with van der Waals surface area (Å²) in [5, 5.41) is 0. The predicted octanol–water partition coefficient (Wildman–Crippen LogP) is 4.37. The zero-order chi connectivity index (χ0) is 14.8. The number of rotatable bonds is 2. The van der Waals surface area contributed by atoms with E-state index in [9.17, 15) is 17.6 Å². The Morgan fingerprint density at radius 2 is 1.75 bits per heavy atom. The van der Waals surface area contributed by atoms with Crippen molar-refractivity contribution in [2.24, 2.45) is 0 Å². The molecule has 0 fully saturated rings. The summed E-state index contributed by atoms with van der Waals surface area (Å²) in [6.07, 6.45) is 0.353. The standard InChI is InChI=1S/C15H8F4O/c1-2-10-7-11(13-5-3-4-6-14(13)16)9-12(8-10)20-15(17,18)19/h1,3-9H. The average Bonchev–Trinajstić information content (AvgIpc) is 2.36. The Labute approximate surface area is 112 Å². The summed E-state index contributed by atoms with van der Waals surface area (Å²) in [5.41, 5.74) is 0.541. The summed E-state index contributed by atoms with van der Waals surface area (Å²) in [5.74, 6) is 1.18. The molecule has 0 saturated heterocycles. The molecule has 0 heterocycles. The summed E-state index contributed by atoms with van der Waals surface area (Å²) >= 11 is 0. The first-order valence-corrected chi connectivity index (χ1v) is 5.51. The minimum atomic E-state index is -4.83. The van der Waals surface area contributed by atoms with E-state index in [0.29, 0.717) is 0 Å². The van der Waals surface area contributed by atoms with Crippen molar-refractivity contribution in [3.63, 3.8) is 0 Å². The lowest BCUT2D eigenvalue weighted by molar-refractivity contribution is -0.274. The zero-order valence-electron chi connectivity index (χ0n) is 10.0. The summed E-state index contributed by atoms with van der Waals surface area (Å²) in [4.78, 5) is 0. The summed E-state index contributed by atoms with van der Waals surface area (Å²) in [6, 6.07) is 9.29. The van der Waals surface area contributed by atoms with Gasteiger partial charge in [0.05, 0.1) is 0 Å². The van der Waals surface area contributed by atoms with Gasteiger partial charge in [-0.2, -0.15) is 0 Å². The Kier molecular flexibility index (Phi) is 3.66. The van der Waals surface area contributed by atoms with Crippen molar-refractivity contribution < 1.29 is 22.3 Å². The van der Waals surface area contributed by atoms with Gasteiger partial charge in [0, 0.05) is 11.1 Å². The molecule has 5 heteroatoms. The van der Waals surface area contributed by atoms with Gasteiger partial charge in [-0.25, -0.2) is 4.39 Å². The number of halogens is 4. The first kappa shape index (κ1) is 13.9. The zero-order valence-corrected chi connectivity index (χ0v) is 10.0. The van der Waals surface area contributed by atoms with E-state index in [1.165, 1.54) is 24.3 Å². The molecule has 0 unspecified atom stereocenters. The van der Waals surface area contributed by atoms with E-state index >= 15 is 0 Å². The highest BCUT2D eigenvalue weighted by Crippen LogP contribution is 2.30. The fourth-order valence-electron chi connectivity index (χ4n) is 1.73. The van der Waals surface area contributed by atoms with Gasteiger partial charge < -0.3 is 4.74 Å². The van der Waals surface area contributed by atoms with Crippen LogP contribution in [0, 0.1) is 18.2 Å². The van der Waals surface area contributed by atoms with E-state index in [1.807, 2.05) is 0 Å². The van der Waals surface area contributed by atoms with E-state index in [1.54, 1.807) is 6.07 Å². The lowest BCUT2D eigenvalue weighted by Gasteiger charge is -2.11. The van der Waals surface area contributed by atoms with Crippen molar-refractivity contribution in [1.29, 1.82) is 0 Å². The molecule has 2 aromatic carbocycles. The maximum atomic E-state index is 13.7. The van der Waals surface area contributed by atoms with Gasteiger partial charge in [-0.15, -0.1) is 19.6 Å². The van der Waals surface area contributed by atoms with Gasteiger partial charge >= 0.3 is 6.36 Å². The molecule has 0 bridgehead atoms. The molecule has 0 atom stereocenters.